The van der Waals surface area contributed by atoms with Gasteiger partial charge in [-0.3, -0.25) is 9.78 Å². The average molecular weight is 424 g/mol. The molecule has 0 aliphatic rings. The molecule has 0 saturated carbocycles. The third-order valence-electron chi connectivity index (χ3n) is 6.14. The van der Waals surface area contributed by atoms with Crippen molar-refractivity contribution in [3.63, 3.8) is 0 Å². The minimum atomic E-state index is -0.102. The van der Waals surface area contributed by atoms with E-state index in [2.05, 4.69) is 77.8 Å². The van der Waals surface area contributed by atoms with E-state index in [1.54, 1.807) is 6.20 Å². The molecule has 1 atom stereocenters. The van der Waals surface area contributed by atoms with E-state index in [0.717, 1.165) is 43.2 Å². The molecule has 0 N–H and O–H groups in total. The summed E-state index contributed by atoms with van der Waals surface area (Å²) in [6, 6.07) is 27.5. The normalized spacial score (nSPS) is 11.9. The molecule has 0 bridgehead atoms. The number of carbonyl (C=O) groups is 1. The lowest BCUT2D eigenvalue weighted by Gasteiger charge is -2.15. The Balaban J connectivity index is 1.35. The number of aromatic nitrogens is 1. The minimum Gasteiger partial charge on any atom is -0.469 e. The van der Waals surface area contributed by atoms with Gasteiger partial charge in [0.1, 0.15) is 0 Å². The Morgan fingerprint density at radius 3 is 2.44 bits per heavy atom. The van der Waals surface area contributed by atoms with Crippen LogP contribution in [0.25, 0.3) is 21.9 Å². The predicted octanol–water partition coefficient (Wildman–Crippen LogP) is 6.65. The maximum absolute atomic E-state index is 12.4. The van der Waals surface area contributed by atoms with Crippen molar-refractivity contribution < 1.29 is 9.53 Å². The fourth-order valence-corrected chi connectivity index (χ4v) is 4.33. The van der Waals surface area contributed by atoms with Crippen LogP contribution in [0.4, 0.5) is 0 Å². The fraction of sp³-hybridized carbons (Fsp3) is 0.241. The summed E-state index contributed by atoms with van der Waals surface area (Å²) in [5, 5.41) is 2.57. The van der Waals surface area contributed by atoms with Gasteiger partial charge in [0, 0.05) is 12.4 Å². The molecule has 4 rings (SSSR count). The first-order valence-electron chi connectivity index (χ1n) is 11.3. The highest BCUT2D eigenvalue weighted by molar-refractivity contribution is 5.85. The first kappa shape index (κ1) is 21.8. The summed E-state index contributed by atoms with van der Waals surface area (Å²) in [6.07, 6.45) is 8.09. The van der Waals surface area contributed by atoms with Crippen LogP contribution in [-0.2, 0) is 22.4 Å². The minimum absolute atomic E-state index is 0.0759. The van der Waals surface area contributed by atoms with Crippen LogP contribution in [0.15, 0.2) is 91.3 Å². The molecule has 0 aliphatic heterocycles. The molecular weight excluding hydrogens is 394 g/mol. The molecule has 3 nitrogen and oxygen atoms in total. The summed E-state index contributed by atoms with van der Waals surface area (Å²) in [5.41, 5.74) is 4.85. The van der Waals surface area contributed by atoms with Gasteiger partial charge in [0.2, 0.25) is 0 Å². The van der Waals surface area contributed by atoms with Gasteiger partial charge in [-0.2, -0.15) is 0 Å². The van der Waals surface area contributed by atoms with Crippen LogP contribution in [-0.4, -0.2) is 18.1 Å². The van der Waals surface area contributed by atoms with E-state index >= 15 is 0 Å². The van der Waals surface area contributed by atoms with Crippen molar-refractivity contribution in [1.29, 1.82) is 0 Å². The van der Waals surface area contributed by atoms with Crippen LogP contribution in [0.3, 0.4) is 0 Å². The van der Waals surface area contributed by atoms with Gasteiger partial charge >= 0.3 is 5.97 Å². The summed E-state index contributed by atoms with van der Waals surface area (Å²) in [5.74, 6) is -0.178. The van der Waals surface area contributed by atoms with Crippen molar-refractivity contribution in [2.45, 2.75) is 32.1 Å². The molecule has 32 heavy (non-hydrogen) atoms. The lowest BCUT2D eigenvalue weighted by Crippen LogP contribution is -2.17. The molecule has 0 spiro atoms. The SMILES string of the molecule is COC(=O)C(CCCc1cccc2ccccc12)CCc1ccc(-c2cccnc2)cc1. The second-order valence-electron chi connectivity index (χ2n) is 8.23. The van der Waals surface area contributed by atoms with Gasteiger partial charge in [0.25, 0.3) is 0 Å². The Hall–Kier alpha value is -3.46. The summed E-state index contributed by atoms with van der Waals surface area (Å²) in [4.78, 5) is 16.6. The van der Waals surface area contributed by atoms with Gasteiger partial charge in [0.05, 0.1) is 13.0 Å². The van der Waals surface area contributed by atoms with Crippen molar-refractivity contribution >= 4 is 16.7 Å². The van der Waals surface area contributed by atoms with Crippen molar-refractivity contribution in [2.75, 3.05) is 7.11 Å². The highest BCUT2D eigenvalue weighted by atomic mass is 16.5. The number of pyridine rings is 1. The average Bonchev–Trinajstić information content (AvgIpc) is 2.86. The van der Waals surface area contributed by atoms with Crippen LogP contribution >= 0.6 is 0 Å². The molecule has 1 unspecified atom stereocenters. The van der Waals surface area contributed by atoms with Crippen molar-refractivity contribution in [2.24, 2.45) is 5.92 Å². The third-order valence-corrected chi connectivity index (χ3v) is 6.14. The van der Waals surface area contributed by atoms with Gasteiger partial charge < -0.3 is 4.74 Å². The smallest absolute Gasteiger partial charge is 0.308 e. The monoisotopic (exact) mass is 423 g/mol. The summed E-state index contributed by atoms with van der Waals surface area (Å²) < 4.78 is 5.10. The van der Waals surface area contributed by atoms with Crippen LogP contribution < -0.4 is 0 Å². The quantitative estimate of drug-likeness (QED) is 0.283. The molecule has 0 radical (unpaired) electrons. The lowest BCUT2D eigenvalue weighted by atomic mass is 9.92. The van der Waals surface area contributed by atoms with E-state index < -0.39 is 0 Å². The van der Waals surface area contributed by atoms with Gasteiger partial charge in [-0.05, 0) is 71.2 Å². The number of esters is 1. The number of ether oxygens (including phenoxy) is 1. The standard InChI is InChI=1S/C29H29NO2/c1-32-29(31)26(11-5-10-25-9-4-8-24-7-2-3-13-28(24)25)19-16-22-14-17-23(18-15-22)27-12-6-20-30-21-27/h2-4,6-9,12-15,17-18,20-21,26H,5,10-11,16,19H2,1H3. The maximum atomic E-state index is 12.4. The Bertz CT molecular complexity index is 1150. The van der Waals surface area contributed by atoms with Crippen LogP contribution in [0.2, 0.25) is 0 Å². The molecular formula is C29H29NO2. The van der Waals surface area contributed by atoms with E-state index in [4.69, 9.17) is 4.74 Å². The largest absolute Gasteiger partial charge is 0.469 e. The summed E-state index contributed by atoms with van der Waals surface area (Å²) in [6.45, 7) is 0. The summed E-state index contributed by atoms with van der Waals surface area (Å²) >= 11 is 0. The molecule has 0 saturated heterocycles. The Kier molecular flexibility index (Phi) is 7.29. The molecule has 0 amide bonds. The van der Waals surface area contributed by atoms with E-state index in [0.29, 0.717) is 0 Å². The van der Waals surface area contributed by atoms with E-state index in [-0.39, 0.29) is 11.9 Å². The van der Waals surface area contributed by atoms with E-state index in [1.165, 1.54) is 29.0 Å². The third kappa shape index (κ3) is 5.42. The molecule has 0 aliphatic carbocycles. The second-order valence-corrected chi connectivity index (χ2v) is 8.23. The van der Waals surface area contributed by atoms with Crippen molar-refractivity contribution in [1.82, 2.24) is 4.98 Å². The fourth-order valence-electron chi connectivity index (χ4n) is 4.33. The Morgan fingerprint density at radius 1 is 0.844 bits per heavy atom. The zero-order valence-corrected chi connectivity index (χ0v) is 18.5. The zero-order chi connectivity index (χ0) is 22.2. The number of aryl methyl sites for hydroxylation is 2. The lowest BCUT2D eigenvalue weighted by molar-refractivity contribution is -0.145. The number of fused-ring (bicyclic) bond motifs is 1. The molecule has 4 aromatic rings. The van der Waals surface area contributed by atoms with Crippen LogP contribution in [0.1, 0.15) is 30.4 Å². The van der Waals surface area contributed by atoms with Gasteiger partial charge in [-0.15, -0.1) is 0 Å². The van der Waals surface area contributed by atoms with Gasteiger partial charge in [-0.1, -0.05) is 72.8 Å². The highest BCUT2D eigenvalue weighted by Gasteiger charge is 2.19. The molecule has 3 heteroatoms. The first-order chi connectivity index (χ1) is 15.7. The number of benzene rings is 3. The topological polar surface area (TPSA) is 39.2 Å². The number of nitrogens with zero attached hydrogens (tertiary/aromatic N) is 1. The van der Waals surface area contributed by atoms with Crippen LogP contribution in [0.5, 0.6) is 0 Å². The second kappa shape index (κ2) is 10.7. The highest BCUT2D eigenvalue weighted by Crippen LogP contribution is 2.24. The van der Waals surface area contributed by atoms with Crippen molar-refractivity contribution in [3.8, 4) is 11.1 Å². The Labute approximate surface area is 190 Å². The number of methoxy groups -OCH3 is 1. The Morgan fingerprint density at radius 2 is 1.66 bits per heavy atom. The predicted molar refractivity (Wildman–Crippen MR) is 130 cm³/mol. The number of carbonyl (C=O) groups excluding carboxylic acids is 1. The zero-order valence-electron chi connectivity index (χ0n) is 18.5. The molecule has 162 valence electrons. The first-order valence-corrected chi connectivity index (χ1v) is 11.3. The van der Waals surface area contributed by atoms with Gasteiger partial charge in [-0.25, -0.2) is 0 Å². The van der Waals surface area contributed by atoms with Crippen LogP contribution in [0, 0.1) is 5.92 Å². The van der Waals surface area contributed by atoms with Gasteiger partial charge in [0.15, 0.2) is 0 Å². The summed E-state index contributed by atoms with van der Waals surface area (Å²) in [7, 11) is 1.49. The van der Waals surface area contributed by atoms with Crippen molar-refractivity contribution in [3.05, 3.63) is 102 Å². The molecule has 3 aromatic carbocycles. The number of hydrogen-bond donors (Lipinski definition) is 0. The maximum Gasteiger partial charge on any atom is 0.308 e. The van der Waals surface area contributed by atoms with E-state index in [1.807, 2.05) is 12.3 Å². The molecule has 1 aromatic heterocycles. The van der Waals surface area contributed by atoms with E-state index in [9.17, 15) is 4.79 Å². The molecule has 1 heterocycles. The molecule has 0 fully saturated rings. The number of rotatable bonds is 9. The number of hydrogen-bond acceptors (Lipinski definition) is 3.